The highest BCUT2D eigenvalue weighted by molar-refractivity contribution is 9.09. The fourth-order valence-corrected chi connectivity index (χ4v) is 3.15. The largest absolute Gasteiger partial charge is 0.306 e. The maximum atomic E-state index is 3.64. The number of hydrogen-bond acceptors (Lipinski definition) is 2. The molecule has 0 aromatic carbocycles. The zero-order valence-electron chi connectivity index (χ0n) is 11.1. The van der Waals surface area contributed by atoms with Crippen molar-refractivity contribution in [3.05, 3.63) is 0 Å². The summed E-state index contributed by atoms with van der Waals surface area (Å²) in [6, 6.07) is 0.814. The molecule has 1 atom stereocenters. The molecule has 0 radical (unpaired) electrons. The summed E-state index contributed by atoms with van der Waals surface area (Å²) in [5, 5.41) is 1.15. The average molecular weight is 291 g/mol. The van der Waals surface area contributed by atoms with Crippen LogP contribution in [0.3, 0.4) is 0 Å². The average Bonchev–Trinajstić information content (AvgIpc) is 2.29. The number of likely N-dealkylation sites (tertiary alicyclic amines) is 1. The molecule has 1 saturated heterocycles. The van der Waals surface area contributed by atoms with Crippen molar-refractivity contribution in [1.29, 1.82) is 0 Å². The Labute approximate surface area is 109 Å². The summed E-state index contributed by atoms with van der Waals surface area (Å²) in [4.78, 5) is 5.03. The van der Waals surface area contributed by atoms with Crippen molar-refractivity contribution in [2.24, 2.45) is 5.92 Å². The molecule has 1 aliphatic rings. The number of rotatable bonds is 6. The van der Waals surface area contributed by atoms with Crippen LogP contribution in [-0.4, -0.2) is 54.9 Å². The van der Waals surface area contributed by atoms with Crippen LogP contribution in [0.1, 0.15) is 32.6 Å². The van der Waals surface area contributed by atoms with E-state index in [1.807, 2.05) is 0 Å². The van der Waals surface area contributed by atoms with Gasteiger partial charge < -0.3 is 9.80 Å². The molecule has 0 aliphatic carbocycles. The molecule has 16 heavy (non-hydrogen) atoms. The second-order valence-corrected chi connectivity index (χ2v) is 5.93. The summed E-state index contributed by atoms with van der Waals surface area (Å²) in [6.07, 6.45) is 5.34. The van der Waals surface area contributed by atoms with Crippen molar-refractivity contribution in [2.75, 3.05) is 39.1 Å². The van der Waals surface area contributed by atoms with Crippen LogP contribution in [0.25, 0.3) is 0 Å². The van der Waals surface area contributed by atoms with E-state index in [1.165, 1.54) is 45.3 Å². The highest BCUT2D eigenvalue weighted by Gasteiger charge is 2.22. The molecule has 2 nitrogen and oxygen atoms in total. The zero-order valence-corrected chi connectivity index (χ0v) is 12.7. The Balaban J connectivity index is 2.30. The van der Waals surface area contributed by atoms with Gasteiger partial charge in [0.15, 0.2) is 0 Å². The van der Waals surface area contributed by atoms with Gasteiger partial charge in [0, 0.05) is 17.9 Å². The first-order valence-corrected chi connectivity index (χ1v) is 7.74. The van der Waals surface area contributed by atoms with Gasteiger partial charge in [-0.1, -0.05) is 29.3 Å². The van der Waals surface area contributed by atoms with Crippen LogP contribution in [-0.2, 0) is 0 Å². The molecule has 0 aromatic rings. The van der Waals surface area contributed by atoms with Gasteiger partial charge in [0.2, 0.25) is 0 Å². The Kier molecular flexibility index (Phi) is 6.94. The van der Waals surface area contributed by atoms with E-state index >= 15 is 0 Å². The molecule has 1 fully saturated rings. The fraction of sp³-hybridized carbons (Fsp3) is 1.00. The third-order valence-electron chi connectivity index (χ3n) is 3.77. The Morgan fingerprint density at radius 3 is 2.50 bits per heavy atom. The number of nitrogens with zero attached hydrogens (tertiary/aromatic N) is 2. The summed E-state index contributed by atoms with van der Waals surface area (Å²) in [6.45, 7) is 6.07. The third kappa shape index (κ3) is 4.72. The van der Waals surface area contributed by atoms with Crippen LogP contribution in [0.2, 0.25) is 0 Å². The van der Waals surface area contributed by atoms with Crippen LogP contribution < -0.4 is 0 Å². The number of halogens is 1. The van der Waals surface area contributed by atoms with Gasteiger partial charge in [0.25, 0.3) is 0 Å². The van der Waals surface area contributed by atoms with Crippen LogP contribution in [0, 0.1) is 5.92 Å². The normalized spacial score (nSPS) is 21.6. The quantitative estimate of drug-likeness (QED) is 0.694. The fourth-order valence-electron chi connectivity index (χ4n) is 2.62. The van der Waals surface area contributed by atoms with E-state index in [4.69, 9.17) is 0 Å². The summed E-state index contributed by atoms with van der Waals surface area (Å²) >= 11 is 3.64. The molecule has 0 saturated carbocycles. The molecular formula is C13H27BrN2. The molecule has 1 heterocycles. The Hall–Kier alpha value is 0.400. The van der Waals surface area contributed by atoms with Crippen LogP contribution in [0.4, 0.5) is 0 Å². The van der Waals surface area contributed by atoms with E-state index in [1.54, 1.807) is 0 Å². The van der Waals surface area contributed by atoms with E-state index in [2.05, 4.69) is 46.7 Å². The van der Waals surface area contributed by atoms with Gasteiger partial charge in [-0.2, -0.15) is 0 Å². The SMILES string of the molecule is CCCC(CBr)CN(C)C1CCN(C)CC1. The monoisotopic (exact) mass is 290 g/mol. The topological polar surface area (TPSA) is 6.48 Å². The summed E-state index contributed by atoms with van der Waals surface area (Å²) < 4.78 is 0. The molecule has 0 amide bonds. The van der Waals surface area contributed by atoms with Gasteiger partial charge in [-0.25, -0.2) is 0 Å². The number of piperidine rings is 1. The lowest BCUT2D eigenvalue weighted by atomic mass is 10.0. The maximum Gasteiger partial charge on any atom is 0.0117 e. The molecule has 1 rings (SSSR count). The zero-order chi connectivity index (χ0) is 12.0. The minimum atomic E-state index is 0.814. The van der Waals surface area contributed by atoms with Gasteiger partial charge in [-0.15, -0.1) is 0 Å². The smallest absolute Gasteiger partial charge is 0.0117 e. The van der Waals surface area contributed by atoms with Crippen molar-refractivity contribution in [3.63, 3.8) is 0 Å². The van der Waals surface area contributed by atoms with Gasteiger partial charge in [-0.05, 0) is 52.4 Å². The van der Waals surface area contributed by atoms with Crippen molar-refractivity contribution in [3.8, 4) is 0 Å². The summed E-state index contributed by atoms with van der Waals surface area (Å²) in [5.74, 6) is 0.828. The standard InChI is InChI=1S/C13H27BrN2/c1-4-5-12(10-14)11-16(3)13-6-8-15(2)9-7-13/h12-13H,4-11H2,1-3H3. The Morgan fingerprint density at radius 2 is 2.00 bits per heavy atom. The number of alkyl halides is 1. The van der Waals surface area contributed by atoms with E-state index < -0.39 is 0 Å². The lowest BCUT2D eigenvalue weighted by molar-refractivity contribution is 0.131. The highest BCUT2D eigenvalue weighted by atomic mass is 79.9. The second kappa shape index (κ2) is 7.67. The molecule has 0 spiro atoms. The van der Waals surface area contributed by atoms with E-state index in [0.717, 1.165) is 17.3 Å². The first-order chi connectivity index (χ1) is 7.67. The molecule has 0 bridgehead atoms. The van der Waals surface area contributed by atoms with Crippen molar-refractivity contribution >= 4 is 15.9 Å². The van der Waals surface area contributed by atoms with Crippen molar-refractivity contribution < 1.29 is 0 Å². The molecular weight excluding hydrogens is 264 g/mol. The van der Waals surface area contributed by atoms with E-state index in [0.29, 0.717) is 0 Å². The lowest BCUT2D eigenvalue weighted by Gasteiger charge is -2.36. The van der Waals surface area contributed by atoms with Crippen molar-refractivity contribution in [2.45, 2.75) is 38.6 Å². The van der Waals surface area contributed by atoms with E-state index in [9.17, 15) is 0 Å². The second-order valence-electron chi connectivity index (χ2n) is 5.28. The summed E-state index contributed by atoms with van der Waals surface area (Å²) in [7, 11) is 4.54. The molecule has 0 N–H and O–H groups in total. The van der Waals surface area contributed by atoms with Gasteiger partial charge in [-0.3, -0.25) is 0 Å². The van der Waals surface area contributed by atoms with Gasteiger partial charge in [0.1, 0.15) is 0 Å². The Bertz CT molecular complexity index is 179. The van der Waals surface area contributed by atoms with Gasteiger partial charge >= 0.3 is 0 Å². The van der Waals surface area contributed by atoms with E-state index in [-0.39, 0.29) is 0 Å². The maximum absolute atomic E-state index is 3.64. The van der Waals surface area contributed by atoms with Crippen LogP contribution in [0.15, 0.2) is 0 Å². The minimum Gasteiger partial charge on any atom is -0.306 e. The predicted molar refractivity (Wildman–Crippen MR) is 75.3 cm³/mol. The minimum absolute atomic E-state index is 0.814. The lowest BCUT2D eigenvalue weighted by Crippen LogP contribution is -2.43. The van der Waals surface area contributed by atoms with Crippen LogP contribution in [0.5, 0.6) is 0 Å². The first kappa shape index (κ1) is 14.5. The number of hydrogen-bond donors (Lipinski definition) is 0. The highest BCUT2D eigenvalue weighted by Crippen LogP contribution is 2.18. The predicted octanol–water partition coefficient (Wildman–Crippen LogP) is 2.82. The molecule has 96 valence electrons. The van der Waals surface area contributed by atoms with Gasteiger partial charge in [0.05, 0.1) is 0 Å². The first-order valence-electron chi connectivity index (χ1n) is 6.62. The molecule has 1 unspecified atom stereocenters. The third-order valence-corrected chi connectivity index (χ3v) is 4.69. The van der Waals surface area contributed by atoms with Crippen LogP contribution >= 0.6 is 15.9 Å². The summed E-state index contributed by atoms with van der Waals surface area (Å²) in [5.41, 5.74) is 0. The molecule has 1 aliphatic heterocycles. The molecule has 0 aromatic heterocycles. The molecule has 3 heteroatoms. The Morgan fingerprint density at radius 1 is 1.38 bits per heavy atom. The van der Waals surface area contributed by atoms with Crippen molar-refractivity contribution in [1.82, 2.24) is 9.80 Å².